The van der Waals surface area contributed by atoms with Crippen molar-refractivity contribution in [3.63, 3.8) is 0 Å². The standard InChI is InChI=1S/C17H20ClN3S/c1-14(17-3-2-12-22-17)19-21-10-8-20(9-11-21)13-15-4-6-16(18)7-5-15/h2-7,12H,8-11,13H2,1H3/p+1/b19-14-. The summed E-state index contributed by atoms with van der Waals surface area (Å²) in [4.78, 5) is 2.87. The molecular formula is C17H21ClN3S+. The molecule has 0 aliphatic carbocycles. The number of piperazine rings is 1. The zero-order valence-electron chi connectivity index (χ0n) is 12.8. The number of benzene rings is 1. The van der Waals surface area contributed by atoms with Crippen LogP contribution in [0.5, 0.6) is 0 Å². The van der Waals surface area contributed by atoms with Gasteiger partial charge in [0.1, 0.15) is 6.54 Å². The monoisotopic (exact) mass is 334 g/mol. The maximum Gasteiger partial charge on any atom is 0.103 e. The van der Waals surface area contributed by atoms with Gasteiger partial charge >= 0.3 is 0 Å². The highest BCUT2D eigenvalue weighted by atomic mass is 35.5. The number of nitrogens with zero attached hydrogens (tertiary/aromatic N) is 2. The van der Waals surface area contributed by atoms with Crippen molar-refractivity contribution in [2.75, 3.05) is 26.2 Å². The molecule has 1 aromatic carbocycles. The van der Waals surface area contributed by atoms with Crippen LogP contribution in [0.15, 0.2) is 46.9 Å². The molecule has 0 bridgehead atoms. The molecule has 5 heteroatoms. The van der Waals surface area contributed by atoms with Crippen LogP contribution in [0.2, 0.25) is 5.02 Å². The van der Waals surface area contributed by atoms with E-state index in [0.29, 0.717) is 0 Å². The fraction of sp³-hybridized carbons (Fsp3) is 0.353. The van der Waals surface area contributed by atoms with Gasteiger partial charge in [-0.05, 0) is 30.5 Å². The molecule has 2 aromatic rings. The molecule has 3 nitrogen and oxygen atoms in total. The minimum Gasteiger partial charge on any atom is -0.328 e. The van der Waals surface area contributed by atoms with E-state index in [9.17, 15) is 0 Å². The topological polar surface area (TPSA) is 20.0 Å². The van der Waals surface area contributed by atoms with Gasteiger partial charge in [-0.25, -0.2) is 0 Å². The first-order valence-electron chi connectivity index (χ1n) is 7.63. The Bertz CT molecular complexity index is 614. The molecule has 0 saturated carbocycles. The molecule has 0 spiro atoms. The summed E-state index contributed by atoms with van der Waals surface area (Å²) in [5.74, 6) is 0. The zero-order chi connectivity index (χ0) is 15.4. The Morgan fingerprint density at radius 3 is 2.59 bits per heavy atom. The van der Waals surface area contributed by atoms with Gasteiger partial charge in [0.2, 0.25) is 0 Å². The van der Waals surface area contributed by atoms with E-state index in [1.807, 2.05) is 12.1 Å². The van der Waals surface area contributed by atoms with Crippen molar-refractivity contribution in [2.45, 2.75) is 13.5 Å². The molecule has 0 amide bonds. The lowest BCUT2D eigenvalue weighted by Gasteiger charge is -2.30. The third-order valence-corrected chi connectivity index (χ3v) is 5.21. The largest absolute Gasteiger partial charge is 0.328 e. The average molecular weight is 335 g/mol. The molecule has 1 aliphatic rings. The summed E-state index contributed by atoms with van der Waals surface area (Å²) >= 11 is 7.69. The number of rotatable bonds is 4. The van der Waals surface area contributed by atoms with Crippen LogP contribution in [0.25, 0.3) is 0 Å². The molecule has 0 atom stereocenters. The first-order valence-corrected chi connectivity index (χ1v) is 8.88. The van der Waals surface area contributed by atoms with Crippen LogP contribution in [0, 0.1) is 0 Å². The number of hydrogen-bond donors (Lipinski definition) is 1. The highest BCUT2D eigenvalue weighted by Gasteiger charge is 2.19. The Hall–Kier alpha value is -1.36. The predicted molar refractivity (Wildman–Crippen MR) is 94.0 cm³/mol. The van der Waals surface area contributed by atoms with E-state index in [2.05, 4.69) is 41.6 Å². The summed E-state index contributed by atoms with van der Waals surface area (Å²) < 4.78 is 0. The number of quaternary nitrogens is 1. The van der Waals surface area contributed by atoms with Gasteiger partial charge in [-0.2, -0.15) is 5.10 Å². The first kappa shape index (κ1) is 15.5. The van der Waals surface area contributed by atoms with Crippen LogP contribution in [0.1, 0.15) is 17.4 Å². The van der Waals surface area contributed by atoms with Crippen LogP contribution < -0.4 is 4.90 Å². The number of nitrogens with one attached hydrogen (secondary N) is 1. The average Bonchev–Trinajstić information content (AvgIpc) is 3.06. The second-order valence-corrected chi connectivity index (χ2v) is 7.05. The van der Waals surface area contributed by atoms with E-state index < -0.39 is 0 Å². The van der Waals surface area contributed by atoms with Crippen molar-refractivity contribution in [1.29, 1.82) is 0 Å². The molecule has 2 heterocycles. The smallest absolute Gasteiger partial charge is 0.103 e. The zero-order valence-corrected chi connectivity index (χ0v) is 14.3. The molecule has 1 N–H and O–H groups in total. The molecule has 116 valence electrons. The quantitative estimate of drug-likeness (QED) is 0.852. The Labute approximate surface area is 140 Å². The third kappa shape index (κ3) is 4.09. The molecule has 0 radical (unpaired) electrons. The van der Waals surface area contributed by atoms with Crippen LogP contribution in [-0.4, -0.2) is 36.9 Å². The molecule has 1 aromatic heterocycles. The lowest BCUT2D eigenvalue weighted by molar-refractivity contribution is -0.918. The van der Waals surface area contributed by atoms with Crippen molar-refractivity contribution in [3.05, 3.63) is 57.2 Å². The molecule has 1 saturated heterocycles. The maximum atomic E-state index is 5.94. The SMILES string of the molecule is C/C(=N/N1CC[NH+](Cc2ccc(Cl)cc2)CC1)c1cccs1. The third-order valence-electron chi connectivity index (χ3n) is 3.98. The van der Waals surface area contributed by atoms with E-state index in [4.69, 9.17) is 16.7 Å². The van der Waals surface area contributed by atoms with Crippen molar-refractivity contribution >= 4 is 28.6 Å². The van der Waals surface area contributed by atoms with Crippen molar-refractivity contribution < 1.29 is 4.90 Å². The molecule has 22 heavy (non-hydrogen) atoms. The summed E-state index contributed by atoms with van der Waals surface area (Å²) in [6.07, 6.45) is 0. The van der Waals surface area contributed by atoms with E-state index in [0.717, 1.165) is 43.5 Å². The van der Waals surface area contributed by atoms with Gasteiger partial charge in [0.15, 0.2) is 0 Å². The van der Waals surface area contributed by atoms with Crippen LogP contribution in [0.4, 0.5) is 0 Å². The maximum absolute atomic E-state index is 5.94. The Morgan fingerprint density at radius 2 is 1.95 bits per heavy atom. The van der Waals surface area contributed by atoms with Crippen molar-refractivity contribution in [3.8, 4) is 0 Å². The summed E-state index contributed by atoms with van der Waals surface area (Å²) in [6, 6.07) is 12.4. The molecule has 1 aliphatic heterocycles. The minimum atomic E-state index is 0.807. The fourth-order valence-corrected chi connectivity index (χ4v) is 3.52. The molecule has 1 fully saturated rings. The van der Waals surface area contributed by atoms with Crippen LogP contribution in [0.3, 0.4) is 0 Å². The summed E-state index contributed by atoms with van der Waals surface area (Å²) in [6.45, 7) is 7.46. The van der Waals surface area contributed by atoms with E-state index in [1.165, 1.54) is 10.4 Å². The number of hydrazone groups is 1. The minimum absolute atomic E-state index is 0.807. The van der Waals surface area contributed by atoms with Gasteiger partial charge in [0.25, 0.3) is 0 Å². The van der Waals surface area contributed by atoms with Gasteiger partial charge in [-0.3, -0.25) is 5.01 Å². The Kier molecular flexibility index (Phi) is 5.13. The second-order valence-electron chi connectivity index (χ2n) is 5.67. The van der Waals surface area contributed by atoms with Crippen molar-refractivity contribution in [2.24, 2.45) is 5.10 Å². The van der Waals surface area contributed by atoms with Gasteiger partial charge in [-0.1, -0.05) is 29.8 Å². The van der Waals surface area contributed by atoms with E-state index in [-0.39, 0.29) is 0 Å². The molecule has 3 rings (SSSR count). The Balaban J connectivity index is 1.52. The highest BCUT2D eigenvalue weighted by molar-refractivity contribution is 7.12. The van der Waals surface area contributed by atoms with Gasteiger partial charge in [0, 0.05) is 15.5 Å². The normalized spacial score (nSPS) is 17.0. The summed E-state index contributed by atoms with van der Waals surface area (Å²) in [5, 5.41) is 9.88. The molecule has 0 unspecified atom stereocenters. The van der Waals surface area contributed by atoms with Gasteiger partial charge in [-0.15, -0.1) is 11.3 Å². The van der Waals surface area contributed by atoms with Crippen LogP contribution >= 0.6 is 22.9 Å². The molecular weight excluding hydrogens is 314 g/mol. The lowest BCUT2D eigenvalue weighted by Crippen LogP contribution is -3.13. The van der Waals surface area contributed by atoms with E-state index in [1.54, 1.807) is 16.2 Å². The van der Waals surface area contributed by atoms with Crippen molar-refractivity contribution in [1.82, 2.24) is 5.01 Å². The van der Waals surface area contributed by atoms with Gasteiger partial charge in [0.05, 0.1) is 31.9 Å². The fourth-order valence-electron chi connectivity index (χ4n) is 2.72. The van der Waals surface area contributed by atoms with E-state index >= 15 is 0 Å². The number of hydrogen-bond acceptors (Lipinski definition) is 3. The lowest BCUT2D eigenvalue weighted by atomic mass is 10.2. The first-order chi connectivity index (χ1) is 10.7. The number of halogens is 1. The Morgan fingerprint density at radius 1 is 1.23 bits per heavy atom. The number of thiophene rings is 1. The summed E-state index contributed by atoms with van der Waals surface area (Å²) in [5.41, 5.74) is 2.47. The second kappa shape index (κ2) is 7.27. The highest BCUT2D eigenvalue weighted by Crippen LogP contribution is 2.11. The van der Waals surface area contributed by atoms with Gasteiger partial charge < -0.3 is 4.90 Å². The summed E-state index contributed by atoms with van der Waals surface area (Å²) in [7, 11) is 0. The van der Waals surface area contributed by atoms with Crippen LogP contribution in [-0.2, 0) is 6.54 Å². The predicted octanol–water partition coefficient (Wildman–Crippen LogP) is 2.53.